The van der Waals surface area contributed by atoms with Crippen molar-refractivity contribution in [3.63, 3.8) is 0 Å². The van der Waals surface area contributed by atoms with E-state index in [-0.39, 0.29) is 11.6 Å². The van der Waals surface area contributed by atoms with Gasteiger partial charge in [-0.25, -0.2) is 0 Å². The molecule has 140 valence electrons. The van der Waals surface area contributed by atoms with Gasteiger partial charge in [0.25, 0.3) is 0 Å². The molecule has 0 aliphatic carbocycles. The van der Waals surface area contributed by atoms with Crippen LogP contribution in [0.4, 0.5) is 0 Å². The highest BCUT2D eigenvalue weighted by Crippen LogP contribution is 2.36. The first-order chi connectivity index (χ1) is 10.6. The molecule has 0 aromatic carbocycles. The van der Waals surface area contributed by atoms with Crippen molar-refractivity contribution in [2.45, 2.75) is 116 Å². The Morgan fingerprint density at radius 3 is 1.78 bits per heavy atom. The first kappa shape index (κ1) is 23.1. The van der Waals surface area contributed by atoms with Crippen LogP contribution in [0.5, 0.6) is 0 Å². The predicted molar refractivity (Wildman–Crippen MR) is 102 cm³/mol. The minimum atomic E-state index is -1.84. The van der Waals surface area contributed by atoms with Crippen LogP contribution in [0.1, 0.15) is 85.5 Å². The highest BCUT2D eigenvalue weighted by atomic mass is 28.4. The highest BCUT2D eigenvalue weighted by Gasteiger charge is 2.37. The summed E-state index contributed by atoms with van der Waals surface area (Å²) >= 11 is 0. The molecule has 0 saturated heterocycles. The lowest BCUT2D eigenvalue weighted by molar-refractivity contribution is -0.0155. The number of unbranched alkanes of at least 4 members (excludes halogenated alkanes) is 7. The lowest BCUT2D eigenvalue weighted by atomic mass is 10.0. The Bertz CT molecular complexity index is 287. The van der Waals surface area contributed by atoms with E-state index in [1.54, 1.807) is 0 Å². The summed E-state index contributed by atoms with van der Waals surface area (Å²) in [6, 6.07) is 0. The van der Waals surface area contributed by atoms with E-state index in [1.807, 2.05) is 0 Å². The van der Waals surface area contributed by atoms with Gasteiger partial charge in [-0.05, 0) is 24.6 Å². The molecule has 0 aliphatic rings. The molecule has 0 radical (unpaired) electrons. The molecule has 0 aromatic rings. The molecule has 2 atom stereocenters. The standard InChI is InChI=1S/C19H42O3Si/c1-7-8-9-10-11-12-13-14-15-17(20)18(21)16-22-23(5,6)19(2,3)4/h17-18,20-21H,7-16H2,1-6H3/t17-,18-/m0/s1. The molecule has 23 heavy (non-hydrogen) atoms. The van der Waals surface area contributed by atoms with Gasteiger partial charge in [0.05, 0.1) is 12.7 Å². The molecule has 3 nitrogen and oxygen atoms in total. The molecule has 0 aromatic heterocycles. The van der Waals surface area contributed by atoms with Crippen molar-refractivity contribution in [2.75, 3.05) is 6.61 Å². The second kappa shape index (κ2) is 11.6. The van der Waals surface area contributed by atoms with Crippen LogP contribution in [0.15, 0.2) is 0 Å². The molecule has 0 amide bonds. The van der Waals surface area contributed by atoms with Crippen LogP contribution in [0.25, 0.3) is 0 Å². The molecule has 0 bridgehead atoms. The van der Waals surface area contributed by atoms with E-state index in [0.29, 0.717) is 6.42 Å². The molecule has 0 fully saturated rings. The largest absolute Gasteiger partial charge is 0.414 e. The molecular weight excluding hydrogens is 304 g/mol. The molecule has 0 aliphatic heterocycles. The van der Waals surface area contributed by atoms with Crippen LogP contribution in [0, 0.1) is 0 Å². The third-order valence-electron chi connectivity index (χ3n) is 5.22. The van der Waals surface area contributed by atoms with Crippen molar-refractivity contribution in [3.8, 4) is 0 Å². The Morgan fingerprint density at radius 2 is 1.30 bits per heavy atom. The summed E-state index contributed by atoms with van der Waals surface area (Å²) in [4.78, 5) is 0. The SMILES string of the molecule is CCCCCCCCCC[C@H](O)[C@@H](O)CO[Si](C)(C)C(C)(C)C. The molecule has 0 spiro atoms. The Labute approximate surface area is 146 Å². The monoisotopic (exact) mass is 346 g/mol. The molecule has 0 saturated carbocycles. The van der Waals surface area contributed by atoms with Crippen LogP contribution >= 0.6 is 0 Å². The van der Waals surface area contributed by atoms with E-state index in [1.165, 1.54) is 38.5 Å². The lowest BCUT2D eigenvalue weighted by Crippen LogP contribution is -2.44. The van der Waals surface area contributed by atoms with E-state index in [2.05, 4.69) is 40.8 Å². The van der Waals surface area contributed by atoms with Crippen molar-refractivity contribution in [2.24, 2.45) is 0 Å². The van der Waals surface area contributed by atoms with Crippen LogP contribution in [0.3, 0.4) is 0 Å². The fraction of sp³-hybridized carbons (Fsp3) is 1.00. The zero-order valence-corrected chi connectivity index (χ0v) is 17.5. The highest BCUT2D eigenvalue weighted by molar-refractivity contribution is 6.74. The Hall–Kier alpha value is 0.0969. The first-order valence-electron chi connectivity index (χ1n) is 9.62. The minimum absolute atomic E-state index is 0.134. The summed E-state index contributed by atoms with van der Waals surface area (Å²) in [5, 5.41) is 20.3. The van der Waals surface area contributed by atoms with E-state index in [0.717, 1.165) is 12.8 Å². The number of rotatable bonds is 13. The summed E-state index contributed by atoms with van der Waals surface area (Å²) < 4.78 is 5.99. The summed E-state index contributed by atoms with van der Waals surface area (Å²) in [6.45, 7) is 13.4. The van der Waals surface area contributed by atoms with Crippen molar-refractivity contribution in [3.05, 3.63) is 0 Å². The molecule has 4 heteroatoms. The average Bonchev–Trinajstić information content (AvgIpc) is 2.46. The third kappa shape index (κ3) is 10.5. The van der Waals surface area contributed by atoms with Gasteiger partial charge >= 0.3 is 0 Å². The van der Waals surface area contributed by atoms with Crippen molar-refractivity contribution < 1.29 is 14.6 Å². The molecule has 0 heterocycles. The van der Waals surface area contributed by atoms with Gasteiger partial charge in [-0.15, -0.1) is 0 Å². The first-order valence-corrected chi connectivity index (χ1v) is 12.5. The van der Waals surface area contributed by atoms with Crippen LogP contribution in [-0.4, -0.2) is 37.3 Å². The molecule has 0 unspecified atom stereocenters. The second-order valence-corrected chi connectivity index (χ2v) is 13.3. The molecule has 0 rings (SSSR count). The zero-order valence-electron chi connectivity index (χ0n) is 16.5. The van der Waals surface area contributed by atoms with Gasteiger partial charge in [-0.2, -0.15) is 0 Å². The van der Waals surface area contributed by atoms with E-state index in [9.17, 15) is 10.2 Å². The second-order valence-electron chi connectivity index (χ2n) is 8.47. The van der Waals surface area contributed by atoms with Crippen molar-refractivity contribution in [1.29, 1.82) is 0 Å². The van der Waals surface area contributed by atoms with Gasteiger partial charge in [0.15, 0.2) is 8.32 Å². The van der Waals surface area contributed by atoms with Crippen LogP contribution < -0.4 is 0 Å². The maximum absolute atomic E-state index is 10.1. The van der Waals surface area contributed by atoms with E-state index < -0.39 is 20.5 Å². The van der Waals surface area contributed by atoms with Crippen molar-refractivity contribution in [1.82, 2.24) is 0 Å². The summed E-state index contributed by atoms with van der Waals surface area (Å²) in [5.41, 5.74) is 0. The Morgan fingerprint density at radius 1 is 0.826 bits per heavy atom. The Kier molecular flexibility index (Phi) is 11.7. The van der Waals surface area contributed by atoms with Crippen LogP contribution in [0.2, 0.25) is 18.1 Å². The maximum atomic E-state index is 10.1. The normalized spacial score (nSPS) is 15.7. The van der Waals surface area contributed by atoms with Gasteiger partial charge in [0.1, 0.15) is 6.10 Å². The van der Waals surface area contributed by atoms with E-state index in [4.69, 9.17) is 4.43 Å². The van der Waals surface area contributed by atoms with Crippen LogP contribution in [-0.2, 0) is 4.43 Å². The predicted octanol–water partition coefficient (Wildman–Crippen LogP) is 5.26. The summed E-state index contributed by atoms with van der Waals surface area (Å²) in [6.07, 6.45) is 9.28. The van der Waals surface area contributed by atoms with Gasteiger partial charge in [-0.3, -0.25) is 0 Å². The zero-order chi connectivity index (χ0) is 17.9. The quantitative estimate of drug-likeness (QED) is 0.353. The molecular formula is C19H42O3Si. The summed E-state index contributed by atoms with van der Waals surface area (Å²) in [5.74, 6) is 0. The van der Waals surface area contributed by atoms with Gasteiger partial charge in [0, 0.05) is 0 Å². The van der Waals surface area contributed by atoms with E-state index >= 15 is 0 Å². The number of hydrogen-bond acceptors (Lipinski definition) is 3. The fourth-order valence-electron chi connectivity index (χ4n) is 2.30. The topological polar surface area (TPSA) is 49.7 Å². The fourth-order valence-corrected chi connectivity index (χ4v) is 3.32. The van der Waals surface area contributed by atoms with Gasteiger partial charge in [0.2, 0.25) is 0 Å². The Balaban J connectivity index is 3.76. The number of aliphatic hydroxyl groups is 2. The van der Waals surface area contributed by atoms with Crippen molar-refractivity contribution >= 4 is 8.32 Å². The number of hydrogen-bond donors (Lipinski definition) is 2. The third-order valence-corrected chi connectivity index (χ3v) is 9.72. The summed E-state index contributed by atoms with van der Waals surface area (Å²) in [7, 11) is -1.84. The van der Waals surface area contributed by atoms with Gasteiger partial charge in [-0.1, -0.05) is 79.1 Å². The van der Waals surface area contributed by atoms with Gasteiger partial charge < -0.3 is 14.6 Å². The molecule has 2 N–H and O–H groups in total. The maximum Gasteiger partial charge on any atom is 0.192 e. The smallest absolute Gasteiger partial charge is 0.192 e. The lowest BCUT2D eigenvalue weighted by Gasteiger charge is -2.37. The number of aliphatic hydroxyl groups excluding tert-OH is 2. The minimum Gasteiger partial charge on any atom is -0.414 e. The average molecular weight is 347 g/mol.